The van der Waals surface area contributed by atoms with Crippen LogP contribution in [0.5, 0.6) is 0 Å². The van der Waals surface area contributed by atoms with Crippen LogP contribution in [-0.4, -0.2) is 57.5 Å². The molecule has 0 aromatic carbocycles. The fourth-order valence-electron chi connectivity index (χ4n) is 1.54. The van der Waals surface area contributed by atoms with Crippen molar-refractivity contribution in [1.82, 2.24) is 4.90 Å². The molecule has 2 rings (SSSR count). The zero-order valence-corrected chi connectivity index (χ0v) is 5.78. The first-order valence-corrected chi connectivity index (χ1v) is 3.45. The molecule has 12 heavy (non-hydrogen) atoms. The average molecular weight is 177 g/mol. The Morgan fingerprint density at radius 2 is 2.33 bits per heavy atom. The van der Waals surface area contributed by atoms with Crippen molar-refractivity contribution in [2.24, 2.45) is 0 Å². The quantitative estimate of drug-likeness (QED) is 0.426. The topological polar surface area (TPSA) is 57.6 Å². The van der Waals surface area contributed by atoms with Crippen LogP contribution in [0.15, 0.2) is 11.8 Å². The summed E-state index contributed by atoms with van der Waals surface area (Å²) in [5.74, 6) is -1.07. The number of hydrogen-bond donors (Lipinski definition) is 1. The Morgan fingerprint density at radius 1 is 1.67 bits per heavy atom. The third kappa shape index (κ3) is 1.20. The molecule has 0 aromatic rings. The summed E-state index contributed by atoms with van der Waals surface area (Å²) in [5.41, 5.74) is 0.159. The molecular formula is C7H8NNaO3. The van der Waals surface area contributed by atoms with Gasteiger partial charge in [0.05, 0.1) is 0 Å². The second-order valence-corrected chi connectivity index (χ2v) is 2.75. The van der Waals surface area contributed by atoms with E-state index in [1.807, 2.05) is 0 Å². The fraction of sp³-hybridized carbons (Fsp3) is 0.429. The summed E-state index contributed by atoms with van der Waals surface area (Å²) in [6.07, 6.45) is 2.82. The summed E-state index contributed by atoms with van der Waals surface area (Å²) in [6, 6.07) is 0.147. The molecule has 1 atom stereocenters. The summed E-state index contributed by atoms with van der Waals surface area (Å²) in [6.45, 7) is 0. The normalized spacial score (nSPS) is 25.3. The first kappa shape index (κ1) is 9.77. The van der Waals surface area contributed by atoms with Crippen molar-refractivity contribution in [3.8, 4) is 0 Å². The van der Waals surface area contributed by atoms with Crippen molar-refractivity contribution in [1.29, 1.82) is 0 Å². The van der Waals surface area contributed by atoms with Gasteiger partial charge in [0, 0.05) is 12.5 Å². The van der Waals surface area contributed by atoms with E-state index in [4.69, 9.17) is 5.11 Å². The van der Waals surface area contributed by atoms with Crippen LogP contribution in [0.25, 0.3) is 0 Å². The third-order valence-electron chi connectivity index (χ3n) is 2.11. The Kier molecular flexibility index (Phi) is 2.61. The molecule has 0 aromatic heterocycles. The molecule has 0 radical (unpaired) electrons. The number of rotatable bonds is 1. The van der Waals surface area contributed by atoms with Gasteiger partial charge in [0.1, 0.15) is 5.70 Å². The van der Waals surface area contributed by atoms with Crippen molar-refractivity contribution < 1.29 is 14.7 Å². The van der Waals surface area contributed by atoms with E-state index in [1.54, 1.807) is 6.08 Å². The van der Waals surface area contributed by atoms with Gasteiger partial charge in [-0.15, -0.1) is 0 Å². The number of aliphatic carboxylic acids is 1. The molecular weight excluding hydrogens is 169 g/mol. The van der Waals surface area contributed by atoms with Crippen LogP contribution in [0.1, 0.15) is 12.8 Å². The molecule has 0 bridgehead atoms. The molecule has 2 heterocycles. The van der Waals surface area contributed by atoms with Gasteiger partial charge in [-0.25, -0.2) is 4.79 Å². The van der Waals surface area contributed by atoms with Gasteiger partial charge in [0.2, 0.25) is 5.91 Å². The van der Waals surface area contributed by atoms with Crippen LogP contribution in [0, 0.1) is 0 Å². The maximum atomic E-state index is 10.8. The van der Waals surface area contributed by atoms with Crippen LogP contribution in [0.3, 0.4) is 0 Å². The zero-order valence-electron chi connectivity index (χ0n) is 5.78. The van der Waals surface area contributed by atoms with Gasteiger partial charge in [0.15, 0.2) is 0 Å². The molecule has 0 spiro atoms. The summed E-state index contributed by atoms with van der Waals surface area (Å²) >= 11 is 0. The fourth-order valence-corrected chi connectivity index (χ4v) is 1.54. The second kappa shape index (κ2) is 3.20. The second-order valence-electron chi connectivity index (χ2n) is 2.75. The van der Waals surface area contributed by atoms with Gasteiger partial charge in [-0.05, 0) is 6.42 Å². The van der Waals surface area contributed by atoms with Gasteiger partial charge in [0.25, 0.3) is 0 Å². The van der Waals surface area contributed by atoms with Crippen LogP contribution in [0.2, 0.25) is 0 Å². The molecule has 5 heteroatoms. The van der Waals surface area contributed by atoms with Crippen LogP contribution in [0.4, 0.5) is 0 Å². The Hall–Kier alpha value is -0.320. The number of amides is 1. The summed E-state index contributed by atoms with van der Waals surface area (Å²) in [7, 11) is 0. The molecule has 2 aliphatic heterocycles. The Bertz CT molecular complexity index is 274. The number of fused-ring (bicyclic) bond motifs is 1. The number of nitrogens with zero attached hydrogens (tertiary/aromatic N) is 1. The Morgan fingerprint density at radius 3 is 2.75 bits per heavy atom. The molecule has 0 aliphatic carbocycles. The molecule has 2 aliphatic rings. The van der Waals surface area contributed by atoms with Crippen molar-refractivity contribution >= 4 is 41.4 Å². The minimum absolute atomic E-state index is 0. The van der Waals surface area contributed by atoms with Crippen molar-refractivity contribution in [3.05, 3.63) is 11.8 Å². The number of carbonyl (C=O) groups excluding carboxylic acids is 1. The summed E-state index contributed by atoms with van der Waals surface area (Å²) < 4.78 is 0. The number of β-lactam (4-membered cyclic amide) rings is 1. The number of hydrogen-bond acceptors (Lipinski definition) is 2. The molecule has 60 valence electrons. The predicted molar refractivity (Wildman–Crippen MR) is 42.7 cm³/mol. The molecule has 1 saturated heterocycles. The van der Waals surface area contributed by atoms with E-state index in [-0.39, 0.29) is 47.2 Å². The van der Waals surface area contributed by atoms with E-state index in [9.17, 15) is 9.59 Å². The van der Waals surface area contributed by atoms with Gasteiger partial charge in [-0.3, -0.25) is 4.79 Å². The van der Waals surface area contributed by atoms with Gasteiger partial charge in [-0.2, -0.15) is 0 Å². The number of carboxylic acid groups (broad SMARTS) is 1. The Balaban J connectivity index is 0.000000720. The van der Waals surface area contributed by atoms with E-state index < -0.39 is 5.97 Å². The molecule has 0 saturated carbocycles. The van der Waals surface area contributed by atoms with Gasteiger partial charge >= 0.3 is 35.5 Å². The van der Waals surface area contributed by atoms with Crippen molar-refractivity contribution in [2.75, 3.05) is 0 Å². The standard InChI is InChI=1S/C7H7NO3.Na.H/c9-6-3-4-1-2-5(7(10)11)8(4)6;;/h2,4H,1,3H2,(H,10,11);;. The summed E-state index contributed by atoms with van der Waals surface area (Å²) in [4.78, 5) is 22.7. The van der Waals surface area contributed by atoms with E-state index in [1.165, 1.54) is 4.90 Å². The van der Waals surface area contributed by atoms with E-state index in [0.717, 1.165) is 0 Å². The van der Waals surface area contributed by atoms with E-state index in [0.29, 0.717) is 12.8 Å². The average Bonchev–Trinajstić information content (AvgIpc) is 2.25. The number of carboxylic acids is 1. The van der Waals surface area contributed by atoms with E-state index >= 15 is 0 Å². The molecule has 1 fully saturated rings. The van der Waals surface area contributed by atoms with Crippen LogP contribution >= 0.6 is 0 Å². The minimum atomic E-state index is -0.999. The molecule has 1 unspecified atom stereocenters. The molecule has 1 amide bonds. The first-order valence-electron chi connectivity index (χ1n) is 3.45. The van der Waals surface area contributed by atoms with Crippen LogP contribution < -0.4 is 0 Å². The SMILES string of the molecule is O=C(O)C1=CCC2CC(=O)N12.[NaH]. The Labute approximate surface area is 91.5 Å². The zero-order chi connectivity index (χ0) is 8.01. The van der Waals surface area contributed by atoms with E-state index in [2.05, 4.69) is 0 Å². The van der Waals surface area contributed by atoms with Crippen molar-refractivity contribution in [2.45, 2.75) is 18.9 Å². The van der Waals surface area contributed by atoms with Crippen LogP contribution in [-0.2, 0) is 9.59 Å². The summed E-state index contributed by atoms with van der Waals surface area (Å²) in [5, 5.41) is 8.59. The molecule has 1 N–H and O–H groups in total. The predicted octanol–water partition coefficient (Wildman–Crippen LogP) is -0.689. The van der Waals surface area contributed by atoms with Gasteiger partial charge in [-0.1, -0.05) is 6.08 Å². The first-order chi connectivity index (χ1) is 5.20. The van der Waals surface area contributed by atoms with Gasteiger partial charge < -0.3 is 10.0 Å². The number of carbonyl (C=O) groups is 2. The molecule has 4 nitrogen and oxygen atoms in total. The third-order valence-corrected chi connectivity index (χ3v) is 2.11. The maximum absolute atomic E-state index is 10.8. The van der Waals surface area contributed by atoms with Crippen molar-refractivity contribution in [3.63, 3.8) is 0 Å². The monoisotopic (exact) mass is 177 g/mol.